The van der Waals surface area contributed by atoms with Crippen molar-refractivity contribution in [3.63, 3.8) is 0 Å². The molecule has 2 aliphatic heterocycles. The molecule has 5 nitrogen and oxygen atoms in total. The largest absolute Gasteiger partial charge is 0.381 e. The molecule has 2 heterocycles. The van der Waals surface area contributed by atoms with Gasteiger partial charge in [-0.2, -0.15) is 0 Å². The Labute approximate surface area is 136 Å². The summed E-state index contributed by atoms with van der Waals surface area (Å²) in [5.41, 5.74) is 6.27. The zero-order chi connectivity index (χ0) is 16.3. The molecule has 0 bridgehead atoms. The van der Waals surface area contributed by atoms with E-state index in [2.05, 4.69) is 10.2 Å². The van der Waals surface area contributed by atoms with Gasteiger partial charge < -0.3 is 20.7 Å². The number of carbonyl (C=O) groups is 1. The van der Waals surface area contributed by atoms with E-state index >= 15 is 0 Å². The second-order valence-electron chi connectivity index (χ2n) is 6.51. The van der Waals surface area contributed by atoms with Crippen LogP contribution in [0.2, 0.25) is 0 Å². The van der Waals surface area contributed by atoms with Crippen LogP contribution < -0.4 is 16.0 Å². The maximum atomic E-state index is 13.4. The number of carbonyl (C=O) groups excluding carboxylic acids is 1. The van der Waals surface area contributed by atoms with E-state index in [-0.39, 0.29) is 17.8 Å². The maximum absolute atomic E-state index is 13.4. The Morgan fingerprint density at radius 1 is 1.39 bits per heavy atom. The molecule has 1 unspecified atom stereocenters. The van der Waals surface area contributed by atoms with Crippen LogP contribution in [0.3, 0.4) is 0 Å². The number of benzene rings is 1. The minimum atomic E-state index is -0.820. The van der Waals surface area contributed by atoms with Crippen LogP contribution in [0.1, 0.15) is 25.7 Å². The van der Waals surface area contributed by atoms with Gasteiger partial charge in [0.05, 0.1) is 5.54 Å². The summed E-state index contributed by atoms with van der Waals surface area (Å²) in [7, 11) is 0. The van der Waals surface area contributed by atoms with Gasteiger partial charge >= 0.3 is 0 Å². The van der Waals surface area contributed by atoms with Gasteiger partial charge in [0.15, 0.2) is 0 Å². The van der Waals surface area contributed by atoms with Crippen molar-refractivity contribution in [3.05, 3.63) is 30.1 Å². The summed E-state index contributed by atoms with van der Waals surface area (Å²) in [6, 6.07) is 6.63. The van der Waals surface area contributed by atoms with Gasteiger partial charge in [-0.05, 0) is 43.9 Å². The molecular weight excluding hydrogens is 297 g/mol. The van der Waals surface area contributed by atoms with Gasteiger partial charge in [0.25, 0.3) is 0 Å². The predicted octanol–water partition coefficient (Wildman–Crippen LogP) is 1.42. The summed E-state index contributed by atoms with van der Waals surface area (Å²) in [6.45, 7) is 2.62. The van der Waals surface area contributed by atoms with Crippen molar-refractivity contribution in [3.8, 4) is 0 Å². The second kappa shape index (κ2) is 6.84. The molecule has 1 amide bonds. The molecule has 6 heteroatoms. The molecule has 0 saturated carbocycles. The first-order valence-electron chi connectivity index (χ1n) is 8.25. The number of ether oxygens (including phenoxy) is 1. The molecule has 2 fully saturated rings. The van der Waals surface area contributed by atoms with E-state index < -0.39 is 5.54 Å². The molecule has 2 aliphatic rings. The van der Waals surface area contributed by atoms with E-state index in [0.29, 0.717) is 32.6 Å². The number of amides is 1. The monoisotopic (exact) mass is 321 g/mol. The first kappa shape index (κ1) is 16.2. The number of nitrogens with two attached hydrogens (primary N) is 1. The summed E-state index contributed by atoms with van der Waals surface area (Å²) in [5.74, 6) is -0.330. The van der Waals surface area contributed by atoms with Gasteiger partial charge in [-0.1, -0.05) is 6.07 Å². The highest BCUT2D eigenvalue weighted by Crippen LogP contribution is 2.22. The Hall–Kier alpha value is -1.66. The first-order valence-corrected chi connectivity index (χ1v) is 8.25. The summed E-state index contributed by atoms with van der Waals surface area (Å²) >= 11 is 0. The third-order valence-corrected chi connectivity index (χ3v) is 4.77. The Balaban J connectivity index is 1.61. The van der Waals surface area contributed by atoms with Crippen LogP contribution in [0.5, 0.6) is 0 Å². The smallest absolute Gasteiger partial charge is 0.240 e. The third kappa shape index (κ3) is 3.82. The molecule has 1 aromatic rings. The second-order valence-corrected chi connectivity index (χ2v) is 6.51. The third-order valence-electron chi connectivity index (χ3n) is 4.77. The van der Waals surface area contributed by atoms with Gasteiger partial charge in [-0.25, -0.2) is 4.39 Å². The van der Waals surface area contributed by atoms with Gasteiger partial charge in [0, 0.05) is 38.0 Å². The number of hydrogen-bond acceptors (Lipinski definition) is 4. The Kier molecular flexibility index (Phi) is 4.82. The van der Waals surface area contributed by atoms with Gasteiger partial charge in [-0.3, -0.25) is 4.79 Å². The average Bonchev–Trinajstić information content (AvgIpc) is 2.56. The Morgan fingerprint density at radius 3 is 2.91 bits per heavy atom. The number of nitrogens with zero attached hydrogens (tertiary/aromatic N) is 1. The van der Waals surface area contributed by atoms with E-state index in [0.717, 1.165) is 25.1 Å². The minimum absolute atomic E-state index is 0.0442. The highest BCUT2D eigenvalue weighted by molar-refractivity contribution is 5.86. The van der Waals surface area contributed by atoms with E-state index in [1.165, 1.54) is 12.1 Å². The lowest BCUT2D eigenvalue weighted by atomic mass is 9.89. The molecule has 1 aromatic carbocycles. The fourth-order valence-corrected chi connectivity index (χ4v) is 3.29. The topological polar surface area (TPSA) is 67.6 Å². The zero-order valence-corrected chi connectivity index (χ0v) is 13.3. The molecule has 126 valence electrons. The number of rotatable bonds is 3. The summed E-state index contributed by atoms with van der Waals surface area (Å²) < 4.78 is 18.7. The number of piperidine rings is 1. The van der Waals surface area contributed by atoms with Gasteiger partial charge in [0.1, 0.15) is 5.82 Å². The number of nitrogens with one attached hydrogen (secondary N) is 1. The molecule has 0 aliphatic carbocycles. The van der Waals surface area contributed by atoms with Crippen LogP contribution in [-0.2, 0) is 9.53 Å². The lowest BCUT2D eigenvalue weighted by Gasteiger charge is -2.38. The highest BCUT2D eigenvalue weighted by Gasteiger charge is 2.37. The molecule has 3 N–H and O–H groups in total. The van der Waals surface area contributed by atoms with E-state index in [1.807, 2.05) is 6.07 Å². The standard InChI is InChI=1S/C17H24FN3O2/c18-13-3-1-5-15(11-13)21-8-2-4-14(12-21)20-16(22)17(19)6-9-23-10-7-17/h1,3,5,11,14H,2,4,6-10,12,19H2,(H,20,22). The molecule has 2 saturated heterocycles. The minimum Gasteiger partial charge on any atom is -0.381 e. The fourth-order valence-electron chi connectivity index (χ4n) is 3.29. The zero-order valence-electron chi connectivity index (χ0n) is 13.3. The summed E-state index contributed by atoms with van der Waals surface area (Å²) in [5, 5.41) is 3.09. The fraction of sp³-hybridized carbons (Fsp3) is 0.588. The van der Waals surface area contributed by atoms with Crippen molar-refractivity contribution in [2.45, 2.75) is 37.3 Å². The quantitative estimate of drug-likeness (QED) is 0.883. The van der Waals surface area contributed by atoms with Crippen LogP contribution in [0.25, 0.3) is 0 Å². The van der Waals surface area contributed by atoms with Crippen molar-refractivity contribution >= 4 is 11.6 Å². The van der Waals surface area contributed by atoms with Crippen molar-refractivity contribution in [1.82, 2.24) is 5.32 Å². The van der Waals surface area contributed by atoms with E-state index in [9.17, 15) is 9.18 Å². The lowest BCUT2D eigenvalue weighted by molar-refractivity contribution is -0.130. The van der Waals surface area contributed by atoms with Crippen LogP contribution >= 0.6 is 0 Å². The van der Waals surface area contributed by atoms with Gasteiger partial charge in [-0.15, -0.1) is 0 Å². The molecule has 23 heavy (non-hydrogen) atoms. The predicted molar refractivity (Wildman–Crippen MR) is 86.7 cm³/mol. The molecule has 0 radical (unpaired) electrons. The normalized spacial score (nSPS) is 24.3. The van der Waals surface area contributed by atoms with Crippen molar-refractivity contribution in [2.24, 2.45) is 5.73 Å². The molecule has 0 spiro atoms. The first-order chi connectivity index (χ1) is 11.1. The molecule has 1 atom stereocenters. The van der Waals surface area contributed by atoms with Crippen LogP contribution in [0.4, 0.5) is 10.1 Å². The van der Waals surface area contributed by atoms with Crippen molar-refractivity contribution in [1.29, 1.82) is 0 Å². The number of hydrogen-bond donors (Lipinski definition) is 2. The highest BCUT2D eigenvalue weighted by atomic mass is 19.1. The Bertz CT molecular complexity index is 561. The molecule has 0 aromatic heterocycles. The average molecular weight is 321 g/mol. The van der Waals surface area contributed by atoms with Crippen LogP contribution in [0, 0.1) is 5.82 Å². The van der Waals surface area contributed by atoms with Crippen molar-refractivity contribution < 1.29 is 13.9 Å². The van der Waals surface area contributed by atoms with Crippen LogP contribution in [-0.4, -0.2) is 43.8 Å². The SMILES string of the molecule is NC1(C(=O)NC2CCCN(c3cccc(F)c3)C2)CCOCC1. The lowest BCUT2D eigenvalue weighted by Crippen LogP contribution is -2.60. The Morgan fingerprint density at radius 2 is 2.17 bits per heavy atom. The molecular formula is C17H24FN3O2. The summed E-state index contributed by atoms with van der Waals surface area (Å²) in [6.07, 6.45) is 2.99. The van der Waals surface area contributed by atoms with Gasteiger partial charge in [0.2, 0.25) is 5.91 Å². The molecule has 3 rings (SSSR count). The van der Waals surface area contributed by atoms with E-state index in [4.69, 9.17) is 10.5 Å². The van der Waals surface area contributed by atoms with Crippen molar-refractivity contribution in [2.75, 3.05) is 31.2 Å². The number of anilines is 1. The van der Waals surface area contributed by atoms with E-state index in [1.54, 1.807) is 6.07 Å². The maximum Gasteiger partial charge on any atom is 0.240 e. The van der Waals surface area contributed by atoms with Crippen LogP contribution in [0.15, 0.2) is 24.3 Å². The number of halogens is 1. The summed E-state index contributed by atoms with van der Waals surface area (Å²) in [4.78, 5) is 14.6.